The molecule has 1 aromatic heterocycles. The third-order valence-electron chi connectivity index (χ3n) is 5.06. The minimum Gasteiger partial charge on any atom is -0.349 e. The highest BCUT2D eigenvalue weighted by atomic mass is 32.1. The van der Waals surface area contributed by atoms with Crippen LogP contribution in [0.5, 0.6) is 0 Å². The van der Waals surface area contributed by atoms with Crippen molar-refractivity contribution in [2.75, 3.05) is 13.1 Å². The van der Waals surface area contributed by atoms with Gasteiger partial charge in [-0.05, 0) is 42.8 Å². The van der Waals surface area contributed by atoms with Crippen molar-refractivity contribution in [3.8, 4) is 0 Å². The first kappa shape index (κ1) is 17.3. The Morgan fingerprint density at radius 3 is 2.69 bits per heavy atom. The fourth-order valence-electron chi connectivity index (χ4n) is 3.65. The highest BCUT2D eigenvalue weighted by Crippen LogP contribution is 2.25. The van der Waals surface area contributed by atoms with Crippen LogP contribution in [-0.4, -0.2) is 29.9 Å². The van der Waals surface area contributed by atoms with Gasteiger partial charge in [0.25, 0.3) is 5.91 Å². The third kappa shape index (κ3) is 3.97. The van der Waals surface area contributed by atoms with Gasteiger partial charge in [-0.15, -0.1) is 11.3 Å². The van der Waals surface area contributed by atoms with Gasteiger partial charge in [-0.2, -0.15) is 0 Å². The first-order valence-corrected chi connectivity index (χ1v) is 10.1. The lowest BCUT2D eigenvalue weighted by Crippen LogP contribution is -2.44. The molecule has 4 heteroatoms. The predicted octanol–water partition coefficient (Wildman–Crippen LogP) is 4.60. The Balaban J connectivity index is 1.31. The molecular formula is C22H24N2OS. The molecule has 0 aliphatic carbocycles. The Hall–Kier alpha value is -2.17. The lowest BCUT2D eigenvalue weighted by molar-refractivity contribution is 0.0913. The molecule has 1 saturated heterocycles. The molecule has 0 saturated carbocycles. The fourth-order valence-corrected chi connectivity index (χ4v) is 4.62. The highest BCUT2D eigenvalue weighted by molar-refractivity contribution is 7.20. The van der Waals surface area contributed by atoms with Crippen LogP contribution < -0.4 is 5.32 Å². The van der Waals surface area contributed by atoms with Gasteiger partial charge in [0.1, 0.15) is 0 Å². The van der Waals surface area contributed by atoms with Crippen molar-refractivity contribution in [3.05, 3.63) is 70.6 Å². The second-order valence-electron chi connectivity index (χ2n) is 7.16. The zero-order chi connectivity index (χ0) is 17.9. The maximum atomic E-state index is 12.6. The molecule has 0 atom stereocenters. The molecule has 26 heavy (non-hydrogen) atoms. The van der Waals surface area contributed by atoms with Gasteiger partial charge in [-0.1, -0.05) is 48.0 Å². The van der Waals surface area contributed by atoms with E-state index in [9.17, 15) is 4.79 Å². The van der Waals surface area contributed by atoms with Crippen molar-refractivity contribution in [2.24, 2.45) is 0 Å². The van der Waals surface area contributed by atoms with Gasteiger partial charge in [0, 0.05) is 30.4 Å². The largest absolute Gasteiger partial charge is 0.349 e. The highest BCUT2D eigenvalue weighted by Gasteiger charge is 2.22. The molecule has 1 aliphatic rings. The SMILES string of the molecule is Cc1cccc(CN2CCC(NC(=O)c3cc4ccccc4s3)CC2)c1. The molecule has 3 aromatic rings. The van der Waals surface area contributed by atoms with Crippen molar-refractivity contribution < 1.29 is 4.79 Å². The Labute approximate surface area is 158 Å². The summed E-state index contributed by atoms with van der Waals surface area (Å²) in [5, 5.41) is 4.38. The van der Waals surface area contributed by atoms with E-state index < -0.39 is 0 Å². The van der Waals surface area contributed by atoms with E-state index in [1.54, 1.807) is 11.3 Å². The molecule has 1 aliphatic heterocycles. The minimum atomic E-state index is 0.0725. The van der Waals surface area contributed by atoms with Crippen LogP contribution in [0.3, 0.4) is 0 Å². The molecule has 1 N–H and O–H groups in total. The summed E-state index contributed by atoms with van der Waals surface area (Å²) in [6, 6.07) is 19.2. The summed E-state index contributed by atoms with van der Waals surface area (Å²) in [6.45, 7) is 5.20. The Morgan fingerprint density at radius 2 is 1.92 bits per heavy atom. The molecule has 2 aromatic carbocycles. The van der Waals surface area contributed by atoms with Crippen LogP contribution in [-0.2, 0) is 6.54 Å². The third-order valence-corrected chi connectivity index (χ3v) is 6.18. The number of piperidine rings is 1. The number of carbonyl (C=O) groups excluding carboxylic acids is 1. The number of aryl methyl sites for hydroxylation is 1. The van der Waals surface area contributed by atoms with E-state index in [-0.39, 0.29) is 11.9 Å². The first-order chi connectivity index (χ1) is 12.7. The zero-order valence-corrected chi connectivity index (χ0v) is 15.9. The van der Waals surface area contributed by atoms with Crippen LogP contribution in [0.1, 0.15) is 33.6 Å². The average Bonchev–Trinajstić information content (AvgIpc) is 3.08. The fraction of sp³-hybridized carbons (Fsp3) is 0.318. The summed E-state index contributed by atoms with van der Waals surface area (Å²) in [5.41, 5.74) is 2.69. The van der Waals surface area contributed by atoms with Crippen LogP contribution in [0.25, 0.3) is 10.1 Å². The smallest absolute Gasteiger partial charge is 0.261 e. The second kappa shape index (κ2) is 7.60. The van der Waals surface area contributed by atoms with Crippen LogP contribution in [0, 0.1) is 6.92 Å². The van der Waals surface area contributed by atoms with E-state index in [0.29, 0.717) is 0 Å². The number of hydrogen-bond donors (Lipinski definition) is 1. The molecule has 4 rings (SSSR count). The summed E-state index contributed by atoms with van der Waals surface area (Å²) in [4.78, 5) is 15.9. The quantitative estimate of drug-likeness (QED) is 0.733. The Morgan fingerprint density at radius 1 is 1.12 bits per heavy atom. The minimum absolute atomic E-state index is 0.0725. The Kier molecular flexibility index (Phi) is 5.05. The van der Waals surface area contributed by atoms with Crippen molar-refractivity contribution in [3.63, 3.8) is 0 Å². The standard InChI is InChI=1S/C22H24N2OS/c1-16-5-4-6-17(13-16)15-24-11-9-19(10-12-24)23-22(25)21-14-18-7-2-3-8-20(18)26-21/h2-8,13-14,19H,9-12,15H2,1H3,(H,23,25). The second-order valence-corrected chi connectivity index (χ2v) is 8.25. The molecular weight excluding hydrogens is 340 g/mol. The van der Waals surface area contributed by atoms with Gasteiger partial charge in [0.2, 0.25) is 0 Å². The summed E-state index contributed by atoms with van der Waals surface area (Å²) in [7, 11) is 0. The average molecular weight is 365 g/mol. The van der Waals surface area contributed by atoms with Gasteiger partial charge in [-0.25, -0.2) is 0 Å². The first-order valence-electron chi connectivity index (χ1n) is 9.25. The number of fused-ring (bicyclic) bond motifs is 1. The maximum Gasteiger partial charge on any atom is 0.261 e. The summed E-state index contributed by atoms with van der Waals surface area (Å²) in [6.07, 6.45) is 2.03. The number of likely N-dealkylation sites (tertiary alicyclic amines) is 1. The number of hydrogen-bond acceptors (Lipinski definition) is 3. The van der Waals surface area contributed by atoms with Gasteiger partial charge < -0.3 is 5.32 Å². The van der Waals surface area contributed by atoms with Crippen LogP contribution >= 0.6 is 11.3 Å². The molecule has 0 bridgehead atoms. The van der Waals surface area contributed by atoms with Gasteiger partial charge in [0.15, 0.2) is 0 Å². The predicted molar refractivity (Wildman–Crippen MR) is 109 cm³/mol. The molecule has 0 spiro atoms. The Bertz CT molecular complexity index is 876. The molecule has 0 radical (unpaired) electrons. The molecule has 2 heterocycles. The van der Waals surface area contributed by atoms with Gasteiger partial charge >= 0.3 is 0 Å². The normalized spacial score (nSPS) is 16.0. The number of carbonyl (C=O) groups is 1. The van der Waals surface area contributed by atoms with Gasteiger partial charge in [0.05, 0.1) is 4.88 Å². The van der Waals surface area contributed by atoms with Crippen molar-refractivity contribution in [1.82, 2.24) is 10.2 Å². The number of amides is 1. The lowest BCUT2D eigenvalue weighted by atomic mass is 10.0. The number of rotatable bonds is 4. The van der Waals surface area contributed by atoms with Crippen LogP contribution in [0.4, 0.5) is 0 Å². The zero-order valence-electron chi connectivity index (χ0n) is 15.1. The number of thiophene rings is 1. The maximum absolute atomic E-state index is 12.6. The number of nitrogens with zero attached hydrogens (tertiary/aromatic N) is 1. The molecule has 134 valence electrons. The van der Waals surface area contributed by atoms with E-state index in [1.807, 2.05) is 18.2 Å². The number of nitrogens with one attached hydrogen (secondary N) is 1. The van der Waals surface area contributed by atoms with E-state index in [0.717, 1.165) is 42.7 Å². The molecule has 1 fully saturated rings. The lowest BCUT2D eigenvalue weighted by Gasteiger charge is -2.32. The van der Waals surface area contributed by atoms with Crippen molar-refractivity contribution in [2.45, 2.75) is 32.4 Å². The molecule has 0 unspecified atom stereocenters. The molecule has 3 nitrogen and oxygen atoms in total. The summed E-state index contributed by atoms with van der Waals surface area (Å²) in [5.74, 6) is 0.0725. The van der Waals surface area contributed by atoms with E-state index in [2.05, 4.69) is 53.5 Å². The number of benzene rings is 2. The van der Waals surface area contributed by atoms with E-state index in [4.69, 9.17) is 0 Å². The van der Waals surface area contributed by atoms with Crippen LogP contribution in [0.2, 0.25) is 0 Å². The molecule has 1 amide bonds. The monoisotopic (exact) mass is 364 g/mol. The summed E-state index contributed by atoms with van der Waals surface area (Å²) >= 11 is 1.58. The van der Waals surface area contributed by atoms with Gasteiger partial charge in [-0.3, -0.25) is 9.69 Å². The van der Waals surface area contributed by atoms with Crippen LogP contribution in [0.15, 0.2) is 54.6 Å². The van der Waals surface area contributed by atoms with E-state index in [1.165, 1.54) is 15.8 Å². The van der Waals surface area contributed by atoms with Crippen molar-refractivity contribution >= 4 is 27.3 Å². The topological polar surface area (TPSA) is 32.3 Å². The van der Waals surface area contributed by atoms with E-state index >= 15 is 0 Å². The van der Waals surface area contributed by atoms with Crippen molar-refractivity contribution in [1.29, 1.82) is 0 Å². The summed E-state index contributed by atoms with van der Waals surface area (Å²) < 4.78 is 1.17.